The van der Waals surface area contributed by atoms with Crippen molar-refractivity contribution in [2.24, 2.45) is 0 Å². The van der Waals surface area contributed by atoms with Crippen LogP contribution < -0.4 is 4.74 Å². The Balaban J connectivity index is 1.46. The summed E-state index contributed by atoms with van der Waals surface area (Å²) < 4.78 is 54.3. The van der Waals surface area contributed by atoms with Crippen LogP contribution in [0.5, 0.6) is 5.75 Å². The molecule has 1 saturated heterocycles. The summed E-state index contributed by atoms with van der Waals surface area (Å²) in [7, 11) is 1.29. The van der Waals surface area contributed by atoms with E-state index in [2.05, 4.69) is 12.2 Å². The highest BCUT2D eigenvalue weighted by atomic mass is 19.2. The zero-order valence-electron chi connectivity index (χ0n) is 19.5. The number of hydrogen-bond acceptors (Lipinski definition) is 2. The van der Waals surface area contributed by atoms with Gasteiger partial charge in [-0.15, -0.1) is 0 Å². The molecule has 3 aromatic carbocycles. The maximum absolute atomic E-state index is 15.0. The van der Waals surface area contributed by atoms with Crippen LogP contribution in [0.2, 0.25) is 0 Å². The fraction of sp³-hybridized carbons (Fsp3) is 0.310. The Labute approximate surface area is 199 Å². The molecule has 0 radical (unpaired) electrons. The molecule has 1 heterocycles. The summed E-state index contributed by atoms with van der Waals surface area (Å²) in [6.45, 7) is 2.63. The summed E-state index contributed by atoms with van der Waals surface area (Å²) in [6, 6.07) is 15.0. The van der Waals surface area contributed by atoms with Crippen molar-refractivity contribution in [2.45, 2.75) is 44.6 Å². The van der Waals surface area contributed by atoms with Gasteiger partial charge < -0.3 is 9.47 Å². The number of benzene rings is 3. The van der Waals surface area contributed by atoms with Crippen LogP contribution in [0.1, 0.15) is 44.1 Å². The average Bonchev–Trinajstić information content (AvgIpc) is 2.86. The van der Waals surface area contributed by atoms with E-state index in [1.807, 2.05) is 13.0 Å². The molecule has 0 aliphatic carbocycles. The van der Waals surface area contributed by atoms with Gasteiger partial charge in [0.25, 0.3) is 0 Å². The molecule has 0 aromatic heterocycles. The molecular formula is C29H29F3O2. The Morgan fingerprint density at radius 2 is 1.62 bits per heavy atom. The van der Waals surface area contributed by atoms with Crippen LogP contribution in [0.3, 0.4) is 0 Å². The van der Waals surface area contributed by atoms with Crippen molar-refractivity contribution in [2.75, 3.05) is 13.7 Å². The SMILES string of the molecule is C/C=C/CCC1CCC(c2ccc(-c3ccc(-c4ccc(OC)c(F)c4F)cc3)c(F)c2)CO1. The van der Waals surface area contributed by atoms with Crippen molar-refractivity contribution in [3.8, 4) is 28.0 Å². The first-order valence-electron chi connectivity index (χ1n) is 11.7. The summed E-state index contributed by atoms with van der Waals surface area (Å²) >= 11 is 0. The molecule has 0 saturated carbocycles. The minimum absolute atomic E-state index is 0.127. The molecule has 178 valence electrons. The van der Waals surface area contributed by atoms with Crippen LogP contribution >= 0.6 is 0 Å². The number of hydrogen-bond donors (Lipinski definition) is 0. The average molecular weight is 467 g/mol. The van der Waals surface area contributed by atoms with Gasteiger partial charge in [0.2, 0.25) is 5.82 Å². The number of rotatable bonds is 7. The zero-order valence-corrected chi connectivity index (χ0v) is 19.5. The largest absolute Gasteiger partial charge is 0.494 e. The van der Waals surface area contributed by atoms with Crippen LogP contribution in [0.4, 0.5) is 13.2 Å². The molecule has 34 heavy (non-hydrogen) atoms. The molecule has 2 nitrogen and oxygen atoms in total. The van der Waals surface area contributed by atoms with Gasteiger partial charge in [0, 0.05) is 17.0 Å². The lowest BCUT2D eigenvalue weighted by Crippen LogP contribution is -2.24. The van der Waals surface area contributed by atoms with Crippen molar-refractivity contribution in [1.29, 1.82) is 0 Å². The first-order valence-corrected chi connectivity index (χ1v) is 11.7. The van der Waals surface area contributed by atoms with Crippen LogP contribution in [-0.4, -0.2) is 19.8 Å². The van der Waals surface area contributed by atoms with E-state index >= 15 is 4.39 Å². The monoisotopic (exact) mass is 466 g/mol. The quantitative estimate of drug-likeness (QED) is 0.328. The van der Waals surface area contributed by atoms with Gasteiger partial charge >= 0.3 is 0 Å². The van der Waals surface area contributed by atoms with Gasteiger partial charge in [-0.25, -0.2) is 8.78 Å². The second kappa shape index (κ2) is 10.9. The maximum Gasteiger partial charge on any atom is 0.201 e. The minimum Gasteiger partial charge on any atom is -0.494 e. The van der Waals surface area contributed by atoms with E-state index in [-0.39, 0.29) is 29.2 Å². The third kappa shape index (κ3) is 5.20. The van der Waals surface area contributed by atoms with Crippen LogP contribution in [0, 0.1) is 17.5 Å². The third-order valence-electron chi connectivity index (χ3n) is 6.50. The molecule has 1 aliphatic rings. The van der Waals surface area contributed by atoms with Gasteiger partial charge in [-0.1, -0.05) is 48.6 Å². The summed E-state index contributed by atoms with van der Waals surface area (Å²) in [6.07, 6.45) is 8.50. The van der Waals surface area contributed by atoms with Gasteiger partial charge in [-0.2, -0.15) is 4.39 Å². The summed E-state index contributed by atoms with van der Waals surface area (Å²) in [5, 5.41) is 0. The second-order valence-electron chi connectivity index (χ2n) is 8.64. The topological polar surface area (TPSA) is 18.5 Å². The van der Waals surface area contributed by atoms with E-state index in [4.69, 9.17) is 9.47 Å². The van der Waals surface area contributed by atoms with E-state index in [0.717, 1.165) is 31.2 Å². The predicted octanol–water partition coefficient (Wildman–Crippen LogP) is 8.07. The molecule has 0 spiro atoms. The normalized spacial score (nSPS) is 18.4. The van der Waals surface area contributed by atoms with Crippen molar-refractivity contribution in [3.05, 3.63) is 89.8 Å². The van der Waals surface area contributed by atoms with Gasteiger partial charge in [0.05, 0.1) is 19.8 Å². The van der Waals surface area contributed by atoms with Crippen LogP contribution in [0.25, 0.3) is 22.3 Å². The highest BCUT2D eigenvalue weighted by Gasteiger charge is 2.23. The van der Waals surface area contributed by atoms with Gasteiger partial charge in [-0.05, 0) is 67.5 Å². The van der Waals surface area contributed by atoms with Gasteiger partial charge in [-0.3, -0.25) is 0 Å². The summed E-state index contributed by atoms with van der Waals surface area (Å²) in [5.41, 5.74) is 2.72. The maximum atomic E-state index is 15.0. The second-order valence-corrected chi connectivity index (χ2v) is 8.64. The summed E-state index contributed by atoms with van der Waals surface area (Å²) in [5.74, 6) is -2.26. The van der Waals surface area contributed by atoms with Crippen molar-refractivity contribution >= 4 is 0 Å². The molecule has 3 aromatic rings. The van der Waals surface area contributed by atoms with E-state index < -0.39 is 11.6 Å². The molecule has 2 unspecified atom stereocenters. The number of allylic oxidation sites excluding steroid dienone is 2. The molecule has 1 fully saturated rings. The van der Waals surface area contributed by atoms with Crippen molar-refractivity contribution in [1.82, 2.24) is 0 Å². The van der Waals surface area contributed by atoms with E-state index in [1.54, 1.807) is 36.4 Å². The van der Waals surface area contributed by atoms with E-state index in [0.29, 0.717) is 23.3 Å². The van der Waals surface area contributed by atoms with Crippen molar-refractivity contribution in [3.63, 3.8) is 0 Å². The smallest absolute Gasteiger partial charge is 0.201 e. The van der Waals surface area contributed by atoms with E-state index in [1.165, 1.54) is 19.2 Å². The molecule has 1 aliphatic heterocycles. The minimum atomic E-state index is -1.03. The Hall–Kier alpha value is -3.05. The van der Waals surface area contributed by atoms with E-state index in [9.17, 15) is 8.78 Å². The lowest BCUT2D eigenvalue weighted by atomic mass is 9.89. The summed E-state index contributed by atoms with van der Waals surface area (Å²) in [4.78, 5) is 0. The van der Waals surface area contributed by atoms with Crippen molar-refractivity contribution < 1.29 is 22.6 Å². The first kappa shape index (κ1) is 24.1. The Kier molecular flexibility index (Phi) is 7.73. The molecule has 0 amide bonds. The Morgan fingerprint density at radius 1 is 0.912 bits per heavy atom. The number of halogens is 3. The number of ether oxygens (including phenoxy) is 2. The zero-order chi connectivity index (χ0) is 24.1. The molecule has 2 atom stereocenters. The Bertz CT molecular complexity index is 1150. The first-order chi connectivity index (χ1) is 16.5. The van der Waals surface area contributed by atoms with Gasteiger partial charge in [0.1, 0.15) is 5.82 Å². The Morgan fingerprint density at radius 3 is 2.24 bits per heavy atom. The lowest BCUT2D eigenvalue weighted by Gasteiger charge is -2.29. The lowest BCUT2D eigenvalue weighted by molar-refractivity contribution is -0.000225. The fourth-order valence-corrected chi connectivity index (χ4v) is 4.51. The predicted molar refractivity (Wildman–Crippen MR) is 130 cm³/mol. The highest BCUT2D eigenvalue weighted by Crippen LogP contribution is 2.34. The molecular weight excluding hydrogens is 437 g/mol. The molecule has 0 bridgehead atoms. The molecule has 5 heteroatoms. The van der Waals surface area contributed by atoms with Crippen LogP contribution in [-0.2, 0) is 4.74 Å². The standard InChI is InChI=1S/C29H29F3O2/c1-3-4-5-6-23-13-11-22(18-34-23)21-12-14-24(26(30)17-21)19-7-9-20(10-8-19)25-15-16-27(33-2)29(32)28(25)31/h3-4,7-10,12,14-17,22-23H,5-6,11,13,18H2,1-2H3/b4-3+. The number of methoxy groups -OCH3 is 1. The fourth-order valence-electron chi connectivity index (χ4n) is 4.51. The molecule has 0 N–H and O–H groups in total. The molecule has 4 rings (SSSR count). The van der Waals surface area contributed by atoms with Gasteiger partial charge in [0.15, 0.2) is 11.6 Å². The highest BCUT2D eigenvalue weighted by molar-refractivity contribution is 5.71. The third-order valence-corrected chi connectivity index (χ3v) is 6.50. The van der Waals surface area contributed by atoms with Crippen LogP contribution in [0.15, 0.2) is 66.7 Å².